The summed E-state index contributed by atoms with van der Waals surface area (Å²) in [5.41, 5.74) is 1.49. The molecular weight excluding hydrogens is 334 g/mol. The van der Waals surface area contributed by atoms with Gasteiger partial charge in [0, 0.05) is 34.2 Å². The smallest absolute Gasteiger partial charge is 0.0615 e. The molecule has 0 bridgehead atoms. The first-order valence-electron chi connectivity index (χ1n) is 5.43. The van der Waals surface area contributed by atoms with E-state index in [2.05, 4.69) is 49.8 Å². The number of nitrogens with zero attached hydrogens (tertiary/aromatic N) is 1. The van der Waals surface area contributed by atoms with Crippen LogP contribution < -0.4 is 0 Å². The van der Waals surface area contributed by atoms with Crippen LogP contribution in [0.4, 0.5) is 0 Å². The fourth-order valence-electron chi connectivity index (χ4n) is 2.23. The van der Waals surface area contributed by atoms with Gasteiger partial charge in [0.05, 0.1) is 6.10 Å². The molecule has 1 aromatic rings. The van der Waals surface area contributed by atoms with E-state index in [-0.39, 0.29) is 5.41 Å². The van der Waals surface area contributed by atoms with Gasteiger partial charge in [-0.25, -0.2) is 0 Å². The zero-order valence-electron chi connectivity index (χ0n) is 9.25. The van der Waals surface area contributed by atoms with Crippen molar-refractivity contribution in [1.29, 1.82) is 0 Å². The second-order valence-corrected chi connectivity index (χ2v) is 5.92. The Morgan fingerprint density at radius 3 is 2.94 bits per heavy atom. The second-order valence-electron chi connectivity index (χ2n) is 4.45. The predicted octanol–water partition coefficient (Wildman–Crippen LogP) is 3.58. The first-order chi connectivity index (χ1) is 7.66. The van der Waals surface area contributed by atoms with Crippen molar-refractivity contribution < 1.29 is 4.74 Å². The van der Waals surface area contributed by atoms with Crippen molar-refractivity contribution in [2.45, 2.75) is 25.9 Å². The van der Waals surface area contributed by atoms with Gasteiger partial charge < -0.3 is 4.74 Å². The molecule has 4 heteroatoms. The largest absolute Gasteiger partial charge is 0.378 e. The van der Waals surface area contributed by atoms with Crippen LogP contribution in [0.3, 0.4) is 0 Å². The molecule has 1 aliphatic heterocycles. The van der Waals surface area contributed by atoms with Crippen molar-refractivity contribution in [3.8, 4) is 0 Å². The molecule has 1 aromatic heterocycles. The van der Waals surface area contributed by atoms with Gasteiger partial charge in [-0.2, -0.15) is 0 Å². The van der Waals surface area contributed by atoms with Crippen molar-refractivity contribution in [3.05, 3.63) is 28.5 Å². The van der Waals surface area contributed by atoms with E-state index in [9.17, 15) is 0 Å². The lowest BCUT2D eigenvalue weighted by molar-refractivity contribution is 0.0746. The highest BCUT2D eigenvalue weighted by Crippen LogP contribution is 2.39. The molecule has 1 aliphatic rings. The van der Waals surface area contributed by atoms with E-state index in [4.69, 9.17) is 4.74 Å². The van der Waals surface area contributed by atoms with Crippen LogP contribution in [-0.2, 0) is 11.2 Å². The average molecular weight is 349 g/mol. The first kappa shape index (κ1) is 12.5. The summed E-state index contributed by atoms with van der Waals surface area (Å²) in [6, 6.07) is 2.14. The molecule has 0 aromatic carbocycles. The Bertz CT molecular complexity index is 372. The van der Waals surface area contributed by atoms with Crippen LogP contribution in [0.15, 0.2) is 22.9 Å². The standard InChI is InChI=1S/C12H15Br2NO/c1-9-12(8-13,2-3-16-9)5-10-4-11(14)7-15-6-10/h4,6-7,9H,2-3,5,8H2,1H3. The van der Waals surface area contributed by atoms with Crippen molar-refractivity contribution in [2.24, 2.45) is 5.41 Å². The minimum Gasteiger partial charge on any atom is -0.378 e. The van der Waals surface area contributed by atoms with Crippen LogP contribution >= 0.6 is 31.9 Å². The maximum Gasteiger partial charge on any atom is 0.0615 e. The number of pyridine rings is 1. The molecule has 2 rings (SSSR count). The number of halogens is 2. The molecule has 0 radical (unpaired) electrons. The molecule has 2 heterocycles. The summed E-state index contributed by atoms with van der Waals surface area (Å²) < 4.78 is 6.74. The van der Waals surface area contributed by atoms with E-state index in [1.165, 1.54) is 5.56 Å². The van der Waals surface area contributed by atoms with Crippen molar-refractivity contribution in [2.75, 3.05) is 11.9 Å². The van der Waals surface area contributed by atoms with E-state index in [1.807, 2.05) is 12.4 Å². The minimum absolute atomic E-state index is 0.225. The highest BCUT2D eigenvalue weighted by atomic mass is 79.9. The molecule has 88 valence electrons. The number of aromatic nitrogens is 1. The highest BCUT2D eigenvalue weighted by molar-refractivity contribution is 9.10. The molecule has 0 N–H and O–H groups in total. The van der Waals surface area contributed by atoms with E-state index in [0.717, 1.165) is 29.3 Å². The van der Waals surface area contributed by atoms with Crippen LogP contribution in [0.5, 0.6) is 0 Å². The average Bonchev–Trinajstić information content (AvgIpc) is 2.61. The molecule has 16 heavy (non-hydrogen) atoms. The Kier molecular flexibility index (Phi) is 4.03. The fourth-order valence-corrected chi connectivity index (χ4v) is 3.58. The molecule has 2 unspecified atom stereocenters. The first-order valence-corrected chi connectivity index (χ1v) is 7.35. The molecule has 2 atom stereocenters. The van der Waals surface area contributed by atoms with Crippen molar-refractivity contribution in [3.63, 3.8) is 0 Å². The molecule has 0 spiro atoms. The summed E-state index contributed by atoms with van der Waals surface area (Å²) in [5, 5.41) is 0.980. The van der Waals surface area contributed by atoms with Crippen LogP contribution in [-0.4, -0.2) is 23.0 Å². The van der Waals surface area contributed by atoms with Crippen LogP contribution in [0.25, 0.3) is 0 Å². The highest BCUT2D eigenvalue weighted by Gasteiger charge is 2.40. The normalized spacial score (nSPS) is 29.6. The molecule has 0 amide bonds. The number of hydrogen-bond donors (Lipinski definition) is 0. The van der Waals surface area contributed by atoms with Crippen LogP contribution in [0.2, 0.25) is 0 Å². The third kappa shape index (κ3) is 2.49. The number of hydrogen-bond acceptors (Lipinski definition) is 2. The summed E-state index contributed by atoms with van der Waals surface area (Å²) in [6.07, 6.45) is 6.21. The predicted molar refractivity (Wildman–Crippen MR) is 71.9 cm³/mol. The van der Waals surface area contributed by atoms with Gasteiger partial charge in [0.2, 0.25) is 0 Å². The summed E-state index contributed by atoms with van der Waals surface area (Å²) in [7, 11) is 0. The van der Waals surface area contributed by atoms with Crippen LogP contribution in [0, 0.1) is 5.41 Å². The lowest BCUT2D eigenvalue weighted by atomic mass is 9.78. The number of ether oxygens (including phenoxy) is 1. The third-order valence-electron chi connectivity index (χ3n) is 3.41. The van der Waals surface area contributed by atoms with E-state index < -0.39 is 0 Å². The summed E-state index contributed by atoms with van der Waals surface area (Å²) >= 11 is 7.10. The Balaban J connectivity index is 2.18. The van der Waals surface area contributed by atoms with Gasteiger partial charge in [0.15, 0.2) is 0 Å². The summed E-state index contributed by atoms with van der Waals surface area (Å²) in [4.78, 5) is 4.21. The lowest BCUT2D eigenvalue weighted by Crippen LogP contribution is -2.32. The molecule has 1 saturated heterocycles. The maximum absolute atomic E-state index is 5.70. The molecule has 0 aliphatic carbocycles. The summed E-state index contributed by atoms with van der Waals surface area (Å²) in [6.45, 7) is 3.04. The van der Waals surface area contributed by atoms with Gasteiger partial charge in [-0.05, 0) is 47.3 Å². The molecular formula is C12H15Br2NO. The maximum atomic E-state index is 5.70. The Labute approximate surface area is 113 Å². The Morgan fingerprint density at radius 2 is 2.38 bits per heavy atom. The zero-order chi connectivity index (χ0) is 11.6. The van der Waals surface area contributed by atoms with E-state index in [0.29, 0.717) is 6.10 Å². The zero-order valence-corrected chi connectivity index (χ0v) is 12.4. The Morgan fingerprint density at radius 1 is 1.56 bits per heavy atom. The summed E-state index contributed by atoms with van der Waals surface area (Å²) in [5.74, 6) is 0. The minimum atomic E-state index is 0.225. The van der Waals surface area contributed by atoms with Crippen molar-refractivity contribution >= 4 is 31.9 Å². The monoisotopic (exact) mass is 347 g/mol. The van der Waals surface area contributed by atoms with Gasteiger partial charge in [-0.1, -0.05) is 15.9 Å². The second kappa shape index (κ2) is 5.15. The quantitative estimate of drug-likeness (QED) is 0.779. The van der Waals surface area contributed by atoms with Gasteiger partial charge in [-0.3, -0.25) is 4.98 Å². The lowest BCUT2D eigenvalue weighted by Gasteiger charge is -2.30. The van der Waals surface area contributed by atoms with Gasteiger partial charge in [0.1, 0.15) is 0 Å². The number of alkyl halides is 1. The molecule has 0 saturated carbocycles. The van der Waals surface area contributed by atoms with E-state index >= 15 is 0 Å². The topological polar surface area (TPSA) is 22.1 Å². The van der Waals surface area contributed by atoms with Crippen molar-refractivity contribution in [1.82, 2.24) is 4.98 Å². The van der Waals surface area contributed by atoms with E-state index in [1.54, 1.807) is 0 Å². The van der Waals surface area contributed by atoms with Crippen LogP contribution in [0.1, 0.15) is 18.9 Å². The number of rotatable bonds is 3. The SMILES string of the molecule is CC1OCCC1(CBr)Cc1cncc(Br)c1. The third-order valence-corrected chi connectivity index (χ3v) is 4.96. The Hall–Kier alpha value is 0.0700. The fraction of sp³-hybridized carbons (Fsp3) is 0.583. The van der Waals surface area contributed by atoms with Gasteiger partial charge in [-0.15, -0.1) is 0 Å². The molecule has 1 fully saturated rings. The van der Waals surface area contributed by atoms with Gasteiger partial charge in [0.25, 0.3) is 0 Å². The molecule has 2 nitrogen and oxygen atoms in total. The van der Waals surface area contributed by atoms with Gasteiger partial charge >= 0.3 is 0 Å².